The molecule has 1 saturated heterocycles. The van der Waals surface area contributed by atoms with Crippen LogP contribution in [0, 0.1) is 0 Å². The zero-order chi connectivity index (χ0) is 19.5. The lowest BCUT2D eigenvalue weighted by Crippen LogP contribution is -2.41. The molecular weight excluding hydrogens is 372 g/mol. The maximum atomic E-state index is 11.1. The molecule has 2 aromatic rings. The van der Waals surface area contributed by atoms with Crippen LogP contribution in [0.5, 0.6) is 5.75 Å². The van der Waals surface area contributed by atoms with Gasteiger partial charge in [-0.25, -0.2) is 0 Å². The third kappa shape index (κ3) is 4.34. The van der Waals surface area contributed by atoms with Gasteiger partial charge in [-0.15, -0.1) is 0 Å². The van der Waals surface area contributed by atoms with E-state index < -0.39 is 5.91 Å². The van der Waals surface area contributed by atoms with Gasteiger partial charge in [-0.05, 0) is 86.1 Å². The zero-order valence-electron chi connectivity index (χ0n) is 16.1. The van der Waals surface area contributed by atoms with Crippen LogP contribution >= 0.6 is 11.6 Å². The Labute approximate surface area is 171 Å². The number of halogens is 1. The molecule has 1 fully saturated rings. The molecule has 1 aliphatic heterocycles. The van der Waals surface area contributed by atoms with E-state index in [2.05, 4.69) is 29.2 Å². The Morgan fingerprint density at radius 2 is 2.00 bits per heavy atom. The number of likely N-dealkylation sites (tertiary alicyclic amines) is 1. The van der Waals surface area contributed by atoms with Gasteiger partial charge in [0.25, 0.3) is 5.91 Å². The number of nitrogens with two attached hydrogens (primary N) is 1. The Balaban J connectivity index is 1.66. The van der Waals surface area contributed by atoms with Crippen molar-refractivity contribution in [2.45, 2.75) is 44.1 Å². The molecule has 1 amide bonds. The minimum absolute atomic E-state index is 0.0900. The summed E-state index contributed by atoms with van der Waals surface area (Å²) < 4.78 is 5.60. The average Bonchev–Trinajstić information content (AvgIpc) is 3.21. The number of primary amides is 1. The number of carbonyl (C=O) groups excluding carboxylic acids is 1. The molecule has 1 aliphatic carbocycles. The number of hydrogen-bond donors (Lipinski definition) is 1. The molecule has 0 spiro atoms. The molecule has 2 atom stereocenters. The van der Waals surface area contributed by atoms with Crippen LogP contribution in [0.2, 0.25) is 5.02 Å². The SMILES string of the molecule is NC(=O)COc1ccc2c(c1)C(Cc1cccc(Cl)c1)C(N1CCCC1)CC2. The van der Waals surface area contributed by atoms with Gasteiger partial charge < -0.3 is 10.5 Å². The van der Waals surface area contributed by atoms with Crippen LogP contribution in [-0.2, 0) is 17.6 Å². The van der Waals surface area contributed by atoms with Crippen molar-refractivity contribution in [3.05, 3.63) is 64.2 Å². The van der Waals surface area contributed by atoms with Gasteiger partial charge >= 0.3 is 0 Å². The van der Waals surface area contributed by atoms with E-state index in [0.717, 1.165) is 23.6 Å². The highest BCUT2D eigenvalue weighted by atomic mass is 35.5. The summed E-state index contributed by atoms with van der Waals surface area (Å²) in [6.45, 7) is 2.28. The predicted molar refractivity (Wildman–Crippen MR) is 112 cm³/mol. The van der Waals surface area contributed by atoms with Gasteiger partial charge in [-0.3, -0.25) is 9.69 Å². The molecule has 2 aliphatic rings. The second-order valence-electron chi connectivity index (χ2n) is 7.91. The Morgan fingerprint density at radius 3 is 2.75 bits per heavy atom. The van der Waals surface area contributed by atoms with E-state index in [0.29, 0.717) is 12.0 Å². The number of benzene rings is 2. The first-order valence-electron chi connectivity index (χ1n) is 10.1. The smallest absolute Gasteiger partial charge is 0.255 e. The molecule has 148 valence electrons. The van der Waals surface area contributed by atoms with Crippen LogP contribution in [0.15, 0.2) is 42.5 Å². The van der Waals surface area contributed by atoms with Gasteiger partial charge in [0.1, 0.15) is 5.75 Å². The summed E-state index contributed by atoms with van der Waals surface area (Å²) in [7, 11) is 0. The van der Waals surface area contributed by atoms with E-state index in [4.69, 9.17) is 22.1 Å². The summed E-state index contributed by atoms with van der Waals surface area (Å²) in [6, 6.07) is 14.9. The number of nitrogens with zero attached hydrogens (tertiary/aromatic N) is 1. The molecule has 28 heavy (non-hydrogen) atoms. The fourth-order valence-electron chi connectivity index (χ4n) is 4.78. The van der Waals surface area contributed by atoms with Gasteiger partial charge in [0, 0.05) is 17.0 Å². The number of ether oxygens (including phenoxy) is 1. The van der Waals surface area contributed by atoms with Crippen LogP contribution in [0.4, 0.5) is 0 Å². The number of fused-ring (bicyclic) bond motifs is 1. The average molecular weight is 399 g/mol. The molecule has 1 heterocycles. The minimum Gasteiger partial charge on any atom is -0.484 e. The van der Waals surface area contributed by atoms with Crippen molar-refractivity contribution < 1.29 is 9.53 Å². The first-order chi connectivity index (χ1) is 13.6. The van der Waals surface area contributed by atoms with E-state index in [1.54, 1.807) is 0 Å². The molecule has 0 aromatic heterocycles. The van der Waals surface area contributed by atoms with Gasteiger partial charge in [-0.1, -0.05) is 29.8 Å². The van der Waals surface area contributed by atoms with Crippen molar-refractivity contribution in [3.8, 4) is 5.75 Å². The van der Waals surface area contributed by atoms with Crippen molar-refractivity contribution in [1.29, 1.82) is 0 Å². The molecule has 0 bridgehead atoms. The second-order valence-corrected chi connectivity index (χ2v) is 8.34. The normalized spacial score (nSPS) is 22.0. The first kappa shape index (κ1) is 19.3. The highest BCUT2D eigenvalue weighted by molar-refractivity contribution is 6.30. The lowest BCUT2D eigenvalue weighted by Gasteiger charge is -2.39. The summed E-state index contributed by atoms with van der Waals surface area (Å²) in [6.07, 6.45) is 5.79. The van der Waals surface area contributed by atoms with E-state index in [-0.39, 0.29) is 6.61 Å². The van der Waals surface area contributed by atoms with Crippen molar-refractivity contribution in [1.82, 2.24) is 4.90 Å². The monoisotopic (exact) mass is 398 g/mol. The lowest BCUT2D eigenvalue weighted by molar-refractivity contribution is -0.119. The van der Waals surface area contributed by atoms with Crippen LogP contribution in [0.3, 0.4) is 0 Å². The number of aryl methyl sites for hydroxylation is 1. The van der Waals surface area contributed by atoms with Crippen LogP contribution < -0.4 is 10.5 Å². The van der Waals surface area contributed by atoms with Crippen molar-refractivity contribution in [3.63, 3.8) is 0 Å². The maximum absolute atomic E-state index is 11.1. The first-order valence-corrected chi connectivity index (χ1v) is 10.5. The highest BCUT2D eigenvalue weighted by Crippen LogP contribution is 2.40. The topological polar surface area (TPSA) is 55.6 Å². The van der Waals surface area contributed by atoms with Crippen molar-refractivity contribution >= 4 is 17.5 Å². The van der Waals surface area contributed by atoms with Crippen LogP contribution in [-0.4, -0.2) is 36.5 Å². The van der Waals surface area contributed by atoms with Gasteiger partial charge in [0.2, 0.25) is 0 Å². The van der Waals surface area contributed by atoms with E-state index in [1.807, 2.05) is 18.2 Å². The molecule has 2 N–H and O–H groups in total. The van der Waals surface area contributed by atoms with Crippen LogP contribution in [0.1, 0.15) is 41.9 Å². The molecule has 0 saturated carbocycles. The molecular formula is C23H27ClN2O2. The fraction of sp³-hybridized carbons (Fsp3) is 0.435. The summed E-state index contributed by atoms with van der Waals surface area (Å²) in [5, 5.41) is 0.782. The Kier molecular flexibility index (Phi) is 5.88. The highest BCUT2D eigenvalue weighted by Gasteiger charge is 2.35. The summed E-state index contributed by atoms with van der Waals surface area (Å²) in [5.74, 6) is 0.649. The summed E-state index contributed by atoms with van der Waals surface area (Å²) in [5.41, 5.74) is 9.23. The molecule has 4 nitrogen and oxygen atoms in total. The minimum atomic E-state index is -0.455. The molecule has 2 aromatic carbocycles. The summed E-state index contributed by atoms with van der Waals surface area (Å²) >= 11 is 6.25. The van der Waals surface area contributed by atoms with E-state index >= 15 is 0 Å². The van der Waals surface area contributed by atoms with Crippen LogP contribution in [0.25, 0.3) is 0 Å². The molecule has 2 unspecified atom stereocenters. The Bertz CT molecular complexity index is 848. The largest absolute Gasteiger partial charge is 0.484 e. The molecule has 5 heteroatoms. The standard InChI is InChI=1S/C23H27ClN2O2/c24-18-5-3-4-16(12-18)13-21-20-14-19(28-15-23(25)27)8-6-17(20)7-9-22(21)26-10-1-2-11-26/h3-6,8,12,14,21-22H,1-2,7,9-11,13,15H2,(H2,25,27). The number of hydrogen-bond acceptors (Lipinski definition) is 3. The predicted octanol–water partition coefficient (Wildman–Crippen LogP) is 3.94. The number of rotatable bonds is 6. The van der Waals surface area contributed by atoms with E-state index in [1.165, 1.54) is 49.0 Å². The van der Waals surface area contributed by atoms with E-state index in [9.17, 15) is 4.79 Å². The second kappa shape index (κ2) is 8.54. The number of amides is 1. The van der Waals surface area contributed by atoms with Gasteiger partial charge in [0.05, 0.1) is 0 Å². The summed E-state index contributed by atoms with van der Waals surface area (Å²) in [4.78, 5) is 13.8. The molecule has 0 radical (unpaired) electrons. The molecule has 4 rings (SSSR count). The third-order valence-electron chi connectivity index (χ3n) is 6.03. The Morgan fingerprint density at radius 1 is 1.18 bits per heavy atom. The number of carbonyl (C=O) groups is 1. The zero-order valence-corrected chi connectivity index (χ0v) is 16.8. The Hall–Kier alpha value is -2.04. The fourth-order valence-corrected chi connectivity index (χ4v) is 4.99. The van der Waals surface area contributed by atoms with Crippen molar-refractivity contribution in [2.24, 2.45) is 5.73 Å². The van der Waals surface area contributed by atoms with Gasteiger partial charge in [-0.2, -0.15) is 0 Å². The quantitative estimate of drug-likeness (QED) is 0.801. The van der Waals surface area contributed by atoms with Gasteiger partial charge in [0.15, 0.2) is 6.61 Å². The van der Waals surface area contributed by atoms with Crippen molar-refractivity contribution in [2.75, 3.05) is 19.7 Å². The maximum Gasteiger partial charge on any atom is 0.255 e. The lowest BCUT2D eigenvalue weighted by atomic mass is 9.75. The third-order valence-corrected chi connectivity index (χ3v) is 6.26.